The molecule has 1 atom stereocenters. The molecule has 10 aromatic rings. The summed E-state index contributed by atoms with van der Waals surface area (Å²) in [4.78, 5) is 2.34. The number of para-hydroxylation sites is 2. The zero-order valence-corrected chi connectivity index (χ0v) is 33.8. The highest BCUT2D eigenvalue weighted by Crippen LogP contribution is 2.50. The van der Waals surface area contributed by atoms with E-state index in [0.717, 1.165) is 23.5 Å². The van der Waals surface area contributed by atoms with Crippen molar-refractivity contribution in [3.05, 3.63) is 248 Å². The summed E-state index contributed by atoms with van der Waals surface area (Å²) in [6, 6.07) is 80.1. The highest BCUT2D eigenvalue weighted by Gasteiger charge is 2.23. The minimum absolute atomic E-state index is 0.331. The Morgan fingerprint density at radius 2 is 0.852 bits per heavy atom. The second-order valence-corrected chi connectivity index (χ2v) is 16.0. The third-order valence-electron chi connectivity index (χ3n) is 12.3. The Morgan fingerprint density at radius 1 is 0.344 bits per heavy atom. The Hall–Kier alpha value is -7.74. The monoisotopic (exact) mass is 777 g/mol. The first-order valence-electron chi connectivity index (χ1n) is 21.3. The summed E-state index contributed by atoms with van der Waals surface area (Å²) in [7, 11) is 0. The van der Waals surface area contributed by atoms with Crippen molar-refractivity contribution < 1.29 is 0 Å². The Kier molecular flexibility index (Phi) is 9.41. The van der Waals surface area contributed by atoms with Crippen LogP contribution >= 0.6 is 0 Å². The van der Waals surface area contributed by atoms with Crippen molar-refractivity contribution in [2.45, 2.75) is 12.3 Å². The molecule has 0 N–H and O–H groups in total. The number of hydrogen-bond acceptors (Lipinski definition) is 1. The molecule has 61 heavy (non-hydrogen) atoms. The lowest BCUT2D eigenvalue weighted by atomic mass is 9.80. The molecular formula is C60H43N. The van der Waals surface area contributed by atoms with Gasteiger partial charge >= 0.3 is 0 Å². The lowest BCUT2D eigenvalue weighted by Crippen LogP contribution is -2.09. The number of anilines is 3. The number of rotatable bonds is 8. The van der Waals surface area contributed by atoms with Gasteiger partial charge in [0.25, 0.3) is 0 Å². The maximum atomic E-state index is 2.49. The van der Waals surface area contributed by atoms with Gasteiger partial charge in [-0.2, -0.15) is 0 Å². The van der Waals surface area contributed by atoms with Crippen LogP contribution in [0.15, 0.2) is 243 Å². The topological polar surface area (TPSA) is 3.24 Å². The molecule has 288 valence electrons. The summed E-state index contributed by atoms with van der Waals surface area (Å²) < 4.78 is 0. The van der Waals surface area contributed by atoms with Crippen LogP contribution in [0.25, 0.3) is 76.8 Å². The second-order valence-electron chi connectivity index (χ2n) is 16.0. The SMILES string of the molecule is C1=CCC(c2ccc3c(c2)c2cc(-c4ccccc4)ccc2c2c(-c4ccccc4)cc(-c4ccccc4)c(-c4ccc(N(c5ccccc5)c5ccccc5)cc4)c32)C=C1. The van der Waals surface area contributed by atoms with Gasteiger partial charge in [-0.15, -0.1) is 0 Å². The van der Waals surface area contributed by atoms with Gasteiger partial charge in [0.1, 0.15) is 0 Å². The number of allylic oxidation sites excluding steroid dienone is 4. The van der Waals surface area contributed by atoms with Crippen molar-refractivity contribution in [1.82, 2.24) is 0 Å². The maximum Gasteiger partial charge on any atom is 0.0462 e. The van der Waals surface area contributed by atoms with Crippen LogP contribution in [0, 0.1) is 0 Å². The van der Waals surface area contributed by atoms with Gasteiger partial charge in [-0.05, 0) is 143 Å². The number of hydrogen-bond donors (Lipinski definition) is 0. The van der Waals surface area contributed by atoms with E-state index in [9.17, 15) is 0 Å². The predicted octanol–water partition coefficient (Wildman–Crippen LogP) is 16.9. The van der Waals surface area contributed by atoms with Crippen LogP contribution in [0.5, 0.6) is 0 Å². The fraction of sp³-hybridized carbons (Fsp3) is 0.0333. The molecule has 1 unspecified atom stereocenters. The molecule has 0 aliphatic heterocycles. The third-order valence-corrected chi connectivity index (χ3v) is 12.3. The Morgan fingerprint density at radius 3 is 1.46 bits per heavy atom. The van der Waals surface area contributed by atoms with Gasteiger partial charge in [0.2, 0.25) is 0 Å². The normalized spacial score (nSPS) is 13.5. The van der Waals surface area contributed by atoms with Crippen LogP contribution in [-0.4, -0.2) is 0 Å². The van der Waals surface area contributed by atoms with Crippen LogP contribution in [0.4, 0.5) is 17.1 Å². The first kappa shape index (κ1) is 36.3. The second kappa shape index (κ2) is 15.8. The molecule has 0 bridgehead atoms. The first-order chi connectivity index (χ1) is 30.3. The molecule has 0 heterocycles. The smallest absolute Gasteiger partial charge is 0.0462 e. The molecule has 1 heteroatoms. The zero-order valence-electron chi connectivity index (χ0n) is 33.8. The van der Waals surface area contributed by atoms with Gasteiger partial charge in [0.05, 0.1) is 0 Å². The highest BCUT2D eigenvalue weighted by atomic mass is 15.1. The van der Waals surface area contributed by atoms with Crippen LogP contribution in [0.2, 0.25) is 0 Å². The first-order valence-corrected chi connectivity index (χ1v) is 21.3. The van der Waals surface area contributed by atoms with Crippen LogP contribution in [-0.2, 0) is 0 Å². The Bertz CT molecular complexity index is 3180. The van der Waals surface area contributed by atoms with Gasteiger partial charge in [-0.1, -0.05) is 188 Å². The number of benzene rings is 10. The van der Waals surface area contributed by atoms with E-state index in [-0.39, 0.29) is 0 Å². The van der Waals surface area contributed by atoms with Gasteiger partial charge in [0.15, 0.2) is 0 Å². The molecule has 1 aliphatic carbocycles. The van der Waals surface area contributed by atoms with E-state index in [1.165, 1.54) is 82.4 Å². The molecule has 0 spiro atoms. The van der Waals surface area contributed by atoms with Gasteiger partial charge in [0, 0.05) is 23.0 Å². The summed E-state index contributed by atoms with van der Waals surface area (Å²) in [5, 5.41) is 7.62. The molecule has 0 saturated heterocycles. The molecule has 0 saturated carbocycles. The third kappa shape index (κ3) is 6.71. The summed E-state index contributed by atoms with van der Waals surface area (Å²) in [6.07, 6.45) is 10.00. The van der Waals surface area contributed by atoms with E-state index in [1.54, 1.807) is 0 Å². The van der Waals surface area contributed by atoms with Crippen molar-refractivity contribution in [2.24, 2.45) is 0 Å². The van der Waals surface area contributed by atoms with E-state index in [1.807, 2.05) is 0 Å². The maximum absolute atomic E-state index is 2.49. The zero-order chi connectivity index (χ0) is 40.5. The number of fused-ring (bicyclic) bond motifs is 6. The van der Waals surface area contributed by atoms with Gasteiger partial charge in [-0.3, -0.25) is 0 Å². The lowest BCUT2D eigenvalue weighted by molar-refractivity contribution is 0.856. The molecule has 0 radical (unpaired) electrons. The lowest BCUT2D eigenvalue weighted by Gasteiger charge is -2.26. The molecular weight excluding hydrogens is 735 g/mol. The summed E-state index contributed by atoms with van der Waals surface area (Å²) >= 11 is 0. The fourth-order valence-corrected chi connectivity index (χ4v) is 9.46. The number of nitrogens with zero attached hydrogens (tertiary/aromatic N) is 1. The molecule has 1 aliphatic rings. The largest absolute Gasteiger partial charge is 0.311 e. The van der Waals surface area contributed by atoms with Crippen molar-refractivity contribution in [2.75, 3.05) is 4.90 Å². The minimum Gasteiger partial charge on any atom is -0.311 e. The predicted molar refractivity (Wildman–Crippen MR) is 261 cm³/mol. The fourth-order valence-electron chi connectivity index (χ4n) is 9.46. The Balaban J connectivity index is 1.25. The van der Waals surface area contributed by atoms with Crippen LogP contribution < -0.4 is 4.90 Å². The van der Waals surface area contributed by atoms with Crippen LogP contribution in [0.3, 0.4) is 0 Å². The standard InChI is InChI=1S/C60H43N/c1-7-19-42(20-8-1)47-33-37-52-56(39-47)57-40-48(43-21-9-2-10-22-43)34-38-53(57)60-58(54(44-23-11-3-12-24-44)41-55(59(52)60)45-25-13-4-14-26-45)46-31-35-51(36-32-46)61(49-27-15-5-16-28-49)50-29-17-6-18-30-50/h1-21,23-41,43H,22H2. The van der Waals surface area contributed by atoms with E-state index < -0.39 is 0 Å². The van der Waals surface area contributed by atoms with Gasteiger partial charge < -0.3 is 4.90 Å². The molecule has 1 nitrogen and oxygen atoms in total. The molecule has 0 aromatic heterocycles. The summed E-state index contributed by atoms with van der Waals surface area (Å²) in [5.74, 6) is 0.331. The van der Waals surface area contributed by atoms with Crippen LogP contribution in [0.1, 0.15) is 17.9 Å². The molecule has 11 rings (SSSR count). The minimum atomic E-state index is 0.331. The van der Waals surface area contributed by atoms with E-state index >= 15 is 0 Å². The van der Waals surface area contributed by atoms with E-state index in [4.69, 9.17) is 0 Å². The summed E-state index contributed by atoms with van der Waals surface area (Å²) in [6.45, 7) is 0. The average Bonchev–Trinajstić information content (AvgIpc) is 3.35. The highest BCUT2D eigenvalue weighted by molar-refractivity contribution is 6.33. The molecule has 0 amide bonds. The molecule has 10 aromatic carbocycles. The van der Waals surface area contributed by atoms with Crippen molar-refractivity contribution in [3.8, 4) is 44.5 Å². The van der Waals surface area contributed by atoms with E-state index in [2.05, 4.69) is 248 Å². The summed E-state index contributed by atoms with van der Waals surface area (Å²) in [5.41, 5.74) is 14.4. The Labute approximate surface area is 357 Å². The van der Waals surface area contributed by atoms with Gasteiger partial charge in [-0.25, -0.2) is 0 Å². The van der Waals surface area contributed by atoms with Crippen molar-refractivity contribution in [3.63, 3.8) is 0 Å². The quantitative estimate of drug-likeness (QED) is 0.139. The van der Waals surface area contributed by atoms with Crippen molar-refractivity contribution >= 4 is 49.4 Å². The van der Waals surface area contributed by atoms with E-state index in [0.29, 0.717) is 5.92 Å². The average molecular weight is 778 g/mol. The molecule has 0 fully saturated rings. The van der Waals surface area contributed by atoms with Crippen molar-refractivity contribution in [1.29, 1.82) is 0 Å².